The Labute approximate surface area is 129 Å². The fourth-order valence-electron chi connectivity index (χ4n) is 3.81. The molecule has 20 heavy (non-hydrogen) atoms. The highest BCUT2D eigenvalue weighted by atomic mass is 32.2. The highest BCUT2D eigenvalue weighted by Crippen LogP contribution is 2.60. The smallest absolute Gasteiger partial charge is 0.197 e. The van der Waals surface area contributed by atoms with Crippen LogP contribution in [0.4, 0.5) is 0 Å². The second kappa shape index (κ2) is 4.83. The second-order valence-corrected chi connectivity index (χ2v) is 9.49. The molecule has 2 fully saturated rings. The predicted molar refractivity (Wildman–Crippen MR) is 93.3 cm³/mol. The molecule has 1 aliphatic carbocycles. The van der Waals surface area contributed by atoms with Crippen LogP contribution >= 0.6 is 11.6 Å². The molecule has 0 spiro atoms. The zero-order valence-corrected chi connectivity index (χ0v) is 14.4. The van der Waals surface area contributed by atoms with Gasteiger partial charge < -0.3 is 0 Å². The average Bonchev–Trinajstić information content (AvgIpc) is 3.19. The minimum absolute atomic E-state index is 0.355. The van der Waals surface area contributed by atoms with Crippen LogP contribution in [0.5, 0.6) is 0 Å². The molecule has 1 saturated heterocycles. The van der Waals surface area contributed by atoms with Crippen LogP contribution in [0.3, 0.4) is 0 Å². The Hall–Kier alpha value is -0.365. The van der Waals surface area contributed by atoms with Gasteiger partial charge in [0.15, 0.2) is 0 Å². The van der Waals surface area contributed by atoms with E-state index in [1.54, 1.807) is 11.0 Å². The third kappa shape index (κ3) is 2.24. The summed E-state index contributed by atoms with van der Waals surface area (Å²) < 4.78 is 0.355. The molecule has 0 radical (unpaired) electrons. The maximum atomic E-state index is 2.51. The molecule has 1 aromatic carbocycles. The number of rotatable bonds is 3. The molecule has 1 atom stereocenters. The maximum absolute atomic E-state index is 2.51. The molecule has 0 nitrogen and oxygen atoms in total. The first-order valence-corrected chi connectivity index (χ1v) is 9.02. The van der Waals surface area contributed by atoms with Gasteiger partial charge in [0.25, 0.3) is 0 Å². The molecule has 1 unspecified atom stereocenters. The number of hydrogen-bond donors (Lipinski definition) is 0. The van der Waals surface area contributed by atoms with E-state index in [1.807, 2.05) is 0 Å². The van der Waals surface area contributed by atoms with E-state index in [9.17, 15) is 0 Å². The van der Waals surface area contributed by atoms with Crippen molar-refractivity contribution in [1.29, 1.82) is 0 Å². The summed E-state index contributed by atoms with van der Waals surface area (Å²) in [5.74, 6) is 2.31. The van der Waals surface area contributed by atoms with Crippen molar-refractivity contribution in [1.82, 2.24) is 0 Å². The van der Waals surface area contributed by atoms with Crippen molar-refractivity contribution in [3.8, 4) is 0 Å². The van der Waals surface area contributed by atoms with Crippen molar-refractivity contribution in [2.45, 2.75) is 70.4 Å². The fraction of sp³-hybridized carbons (Fsp3) is 0.667. The van der Waals surface area contributed by atoms with Crippen molar-refractivity contribution in [2.75, 3.05) is 0 Å². The molecule has 1 heterocycles. The second-order valence-electron chi connectivity index (χ2n) is 7.73. The van der Waals surface area contributed by atoms with Crippen LogP contribution in [0, 0.1) is 5.41 Å². The lowest BCUT2D eigenvalue weighted by Gasteiger charge is -2.38. The third-order valence-electron chi connectivity index (χ3n) is 5.99. The van der Waals surface area contributed by atoms with E-state index in [1.165, 1.54) is 19.3 Å². The SMILES string of the molecule is CCC1B(c2cccc(C3CC3)c2)SC(C)(C)C1(C)C. The van der Waals surface area contributed by atoms with Crippen LogP contribution in [-0.4, -0.2) is 10.7 Å². The van der Waals surface area contributed by atoms with Crippen molar-refractivity contribution >= 4 is 23.1 Å². The van der Waals surface area contributed by atoms with Crippen LogP contribution in [0.15, 0.2) is 24.3 Å². The van der Waals surface area contributed by atoms with Gasteiger partial charge in [0.05, 0.1) is 0 Å². The van der Waals surface area contributed by atoms with Gasteiger partial charge in [-0.15, -0.1) is 0 Å². The van der Waals surface area contributed by atoms with E-state index in [0.717, 1.165) is 11.7 Å². The maximum Gasteiger partial charge on any atom is 0.246 e. The van der Waals surface area contributed by atoms with Gasteiger partial charge in [0.1, 0.15) is 0 Å². The average molecular weight is 286 g/mol. The summed E-state index contributed by atoms with van der Waals surface area (Å²) in [5.41, 5.74) is 3.55. The molecule has 3 rings (SSSR count). The fourth-order valence-corrected chi connectivity index (χ4v) is 5.88. The molecule has 0 bridgehead atoms. The summed E-state index contributed by atoms with van der Waals surface area (Å²) in [5, 5.41) is 0. The number of hydrogen-bond acceptors (Lipinski definition) is 1. The third-order valence-corrected chi connectivity index (χ3v) is 7.96. The van der Waals surface area contributed by atoms with Crippen LogP contribution in [-0.2, 0) is 0 Å². The first-order chi connectivity index (χ1) is 9.37. The van der Waals surface area contributed by atoms with Crippen molar-refractivity contribution in [3.63, 3.8) is 0 Å². The molecule has 1 saturated carbocycles. The quantitative estimate of drug-likeness (QED) is 0.697. The summed E-state index contributed by atoms with van der Waals surface area (Å²) in [7, 11) is 0. The summed E-state index contributed by atoms with van der Waals surface area (Å²) in [6.45, 7) is 12.2. The Bertz CT molecular complexity index is 502. The van der Waals surface area contributed by atoms with Gasteiger partial charge in [-0.05, 0) is 35.6 Å². The first kappa shape index (κ1) is 14.6. The number of benzene rings is 1. The predicted octanol–water partition coefficient (Wildman–Crippen LogP) is 5.09. The minimum atomic E-state index is 0.355. The van der Waals surface area contributed by atoms with Gasteiger partial charge in [0, 0.05) is 4.75 Å². The molecule has 2 heteroatoms. The molecular formula is C18H27BS. The Morgan fingerprint density at radius 1 is 1.20 bits per heavy atom. The van der Waals surface area contributed by atoms with E-state index in [4.69, 9.17) is 0 Å². The van der Waals surface area contributed by atoms with E-state index in [-0.39, 0.29) is 0 Å². The van der Waals surface area contributed by atoms with Gasteiger partial charge in [-0.3, -0.25) is 0 Å². The van der Waals surface area contributed by atoms with Crippen molar-refractivity contribution in [2.24, 2.45) is 5.41 Å². The molecule has 1 aliphatic heterocycles. The van der Waals surface area contributed by atoms with Crippen molar-refractivity contribution < 1.29 is 0 Å². The van der Waals surface area contributed by atoms with Crippen LogP contribution in [0.25, 0.3) is 0 Å². The molecule has 2 aliphatic rings. The van der Waals surface area contributed by atoms with E-state index < -0.39 is 0 Å². The lowest BCUT2D eigenvalue weighted by Crippen LogP contribution is -2.36. The largest absolute Gasteiger partial charge is 0.246 e. The lowest BCUT2D eigenvalue weighted by molar-refractivity contribution is 0.266. The highest BCUT2D eigenvalue weighted by molar-refractivity contribution is 8.28. The van der Waals surface area contributed by atoms with Gasteiger partial charge in [0.2, 0.25) is 5.99 Å². The van der Waals surface area contributed by atoms with Gasteiger partial charge in [-0.2, -0.15) is 11.6 Å². The highest BCUT2D eigenvalue weighted by Gasteiger charge is 2.55. The van der Waals surface area contributed by atoms with E-state index in [0.29, 0.717) is 16.2 Å². The zero-order valence-electron chi connectivity index (χ0n) is 13.6. The molecular weight excluding hydrogens is 259 g/mol. The van der Waals surface area contributed by atoms with E-state index >= 15 is 0 Å². The minimum Gasteiger partial charge on any atom is -0.197 e. The van der Waals surface area contributed by atoms with Crippen molar-refractivity contribution in [3.05, 3.63) is 29.8 Å². The molecule has 0 aromatic heterocycles. The zero-order chi connectivity index (χ0) is 14.5. The molecule has 0 amide bonds. The Morgan fingerprint density at radius 3 is 2.50 bits per heavy atom. The molecule has 108 valence electrons. The Morgan fingerprint density at radius 2 is 1.90 bits per heavy atom. The van der Waals surface area contributed by atoms with Gasteiger partial charge in [-0.1, -0.05) is 70.8 Å². The summed E-state index contributed by atoms with van der Waals surface area (Å²) in [6.07, 6.45) is 4.08. The molecule has 1 aromatic rings. The molecule has 0 N–H and O–H groups in total. The van der Waals surface area contributed by atoms with Gasteiger partial charge in [-0.25, -0.2) is 0 Å². The van der Waals surface area contributed by atoms with Crippen LogP contribution in [0.2, 0.25) is 5.82 Å². The monoisotopic (exact) mass is 286 g/mol. The lowest BCUT2D eigenvalue weighted by atomic mass is 9.47. The summed E-state index contributed by atoms with van der Waals surface area (Å²) in [4.78, 5) is 0. The van der Waals surface area contributed by atoms with Crippen LogP contribution < -0.4 is 5.46 Å². The summed E-state index contributed by atoms with van der Waals surface area (Å²) >= 11 is 2.20. The topological polar surface area (TPSA) is 0 Å². The normalized spacial score (nSPS) is 27.9. The van der Waals surface area contributed by atoms with E-state index in [2.05, 4.69) is 70.5 Å². The van der Waals surface area contributed by atoms with Crippen LogP contribution in [0.1, 0.15) is 65.4 Å². The Balaban J connectivity index is 1.95. The Kier molecular flexibility index (Phi) is 3.52. The first-order valence-electron chi connectivity index (χ1n) is 8.14. The standard InChI is InChI=1S/C18H27BS/c1-6-16-17(2,3)18(4,5)20-19(16)15-9-7-8-14(12-15)13-10-11-13/h7-9,12-13,16H,6,10-11H2,1-5H3. The summed E-state index contributed by atoms with van der Waals surface area (Å²) in [6, 6.07) is 9.49. The van der Waals surface area contributed by atoms with Gasteiger partial charge >= 0.3 is 0 Å².